The second kappa shape index (κ2) is 24.9. The van der Waals surface area contributed by atoms with E-state index in [4.69, 9.17) is 5.53 Å². The van der Waals surface area contributed by atoms with E-state index < -0.39 is 0 Å². The molecule has 1 amide bonds. The third kappa shape index (κ3) is 23.2. The summed E-state index contributed by atoms with van der Waals surface area (Å²) in [6.07, 6.45) is 21.4. The Bertz CT molecular complexity index is 522. The molecule has 7 heteroatoms. The summed E-state index contributed by atoms with van der Waals surface area (Å²) in [5.41, 5.74) is 8.28. The Hall–Kier alpha value is -1.75. The van der Waals surface area contributed by atoms with E-state index in [-0.39, 0.29) is 17.9 Å². The van der Waals surface area contributed by atoms with Crippen LogP contribution in [0.2, 0.25) is 0 Å². The van der Waals surface area contributed by atoms with E-state index in [0.29, 0.717) is 19.4 Å². The van der Waals surface area contributed by atoms with Crippen LogP contribution in [0.4, 0.5) is 0 Å². The molecule has 0 aromatic carbocycles. The Morgan fingerprint density at radius 3 is 1.88 bits per heavy atom. The average Bonchev–Trinajstić information content (AvgIpc) is 2.81. The number of ether oxygens (including phenoxy) is 1. The summed E-state index contributed by atoms with van der Waals surface area (Å²) in [6.45, 7) is 2.79. The summed E-state index contributed by atoms with van der Waals surface area (Å²) in [6, 6.07) is 0.285. The van der Waals surface area contributed by atoms with Crippen LogP contribution in [0.3, 0.4) is 0 Å². The molecule has 0 aromatic heterocycles. The van der Waals surface area contributed by atoms with Gasteiger partial charge in [0, 0.05) is 30.3 Å². The lowest BCUT2D eigenvalue weighted by Gasteiger charge is -2.19. The molecule has 0 saturated carbocycles. The number of hydrogen-bond donors (Lipinski definition) is 1. The van der Waals surface area contributed by atoms with E-state index in [1.165, 1.54) is 52.1 Å². The Kier molecular flexibility index (Phi) is 23.6. The van der Waals surface area contributed by atoms with Crippen molar-refractivity contribution >= 4 is 11.9 Å². The van der Waals surface area contributed by atoms with Gasteiger partial charge in [-0.15, -0.1) is 0 Å². The third-order valence-corrected chi connectivity index (χ3v) is 6.16. The predicted molar refractivity (Wildman–Crippen MR) is 136 cm³/mol. The smallest absolute Gasteiger partial charge is 0.305 e. The summed E-state index contributed by atoms with van der Waals surface area (Å²) in [5.74, 6) is 0.0548. The number of methoxy groups -OCH3 is 1. The van der Waals surface area contributed by atoms with Crippen LogP contribution < -0.4 is 5.32 Å². The number of amides is 1. The lowest BCUT2D eigenvalue weighted by atomic mass is 9.99. The topological polar surface area (TPSA) is 104 Å². The number of carbonyl (C=O) groups excluding carboxylic acids is 2. The van der Waals surface area contributed by atoms with Crippen molar-refractivity contribution < 1.29 is 14.3 Å². The van der Waals surface area contributed by atoms with Crippen molar-refractivity contribution in [3.63, 3.8) is 0 Å². The van der Waals surface area contributed by atoms with Crippen LogP contribution in [0.25, 0.3) is 10.4 Å². The van der Waals surface area contributed by atoms with Gasteiger partial charge in [0.2, 0.25) is 5.91 Å². The molecule has 0 aliphatic heterocycles. The van der Waals surface area contributed by atoms with Crippen molar-refractivity contribution in [3.8, 4) is 0 Å². The molecule has 0 radical (unpaired) electrons. The van der Waals surface area contributed by atoms with Crippen molar-refractivity contribution in [1.29, 1.82) is 0 Å². The van der Waals surface area contributed by atoms with Crippen LogP contribution >= 0.6 is 0 Å². The van der Waals surface area contributed by atoms with Gasteiger partial charge in [-0.05, 0) is 37.6 Å². The second-order valence-electron chi connectivity index (χ2n) is 9.18. The Labute approximate surface area is 202 Å². The van der Waals surface area contributed by atoms with Gasteiger partial charge < -0.3 is 10.1 Å². The van der Waals surface area contributed by atoms with E-state index in [9.17, 15) is 9.59 Å². The summed E-state index contributed by atoms with van der Waals surface area (Å²) >= 11 is 0. The van der Waals surface area contributed by atoms with Gasteiger partial charge in [0.1, 0.15) is 0 Å². The Morgan fingerprint density at radius 2 is 1.30 bits per heavy atom. The number of rotatable bonds is 24. The van der Waals surface area contributed by atoms with Gasteiger partial charge in [0.15, 0.2) is 0 Å². The first kappa shape index (κ1) is 31.2. The minimum atomic E-state index is -0.122. The number of nitrogens with one attached hydrogen (secondary N) is 1. The first-order valence-corrected chi connectivity index (χ1v) is 13.5. The van der Waals surface area contributed by atoms with Gasteiger partial charge in [0.25, 0.3) is 0 Å². The van der Waals surface area contributed by atoms with Gasteiger partial charge in [-0.3, -0.25) is 9.59 Å². The van der Waals surface area contributed by atoms with E-state index in [2.05, 4.69) is 27.0 Å². The normalized spacial score (nSPS) is 11.6. The molecule has 0 aliphatic carbocycles. The summed E-state index contributed by atoms with van der Waals surface area (Å²) in [4.78, 5) is 26.4. The molecular weight excluding hydrogens is 416 g/mol. The molecule has 7 nitrogen and oxygen atoms in total. The standard InChI is InChI=1S/C26H50N4O3/c1-3-4-5-6-7-9-14-19-24(20-15-10-8-11-17-22-26(32)33-2)29-25(31)21-16-12-13-18-23-28-30-27/h24H,3-23H2,1-2H3,(H,29,31). The highest BCUT2D eigenvalue weighted by Gasteiger charge is 2.12. The van der Waals surface area contributed by atoms with Crippen LogP contribution in [0.5, 0.6) is 0 Å². The molecule has 0 heterocycles. The van der Waals surface area contributed by atoms with Crippen LogP contribution in [0.15, 0.2) is 5.11 Å². The largest absolute Gasteiger partial charge is 0.469 e. The number of nitrogens with zero attached hydrogens (tertiary/aromatic N) is 3. The van der Waals surface area contributed by atoms with Gasteiger partial charge in [-0.2, -0.15) is 0 Å². The number of carbonyl (C=O) groups is 2. The predicted octanol–water partition coefficient (Wildman–Crippen LogP) is 7.78. The number of hydrogen-bond acceptors (Lipinski definition) is 4. The highest BCUT2D eigenvalue weighted by molar-refractivity contribution is 5.76. The first-order valence-electron chi connectivity index (χ1n) is 13.5. The fourth-order valence-corrected chi connectivity index (χ4v) is 4.10. The molecule has 1 unspecified atom stereocenters. The SMILES string of the molecule is CCCCCCCCCC(CCCCCCCC(=O)OC)NC(=O)CCCCCCN=[N+]=[N-]. The van der Waals surface area contributed by atoms with E-state index in [1.807, 2.05) is 0 Å². The zero-order chi connectivity index (χ0) is 24.4. The zero-order valence-electron chi connectivity index (χ0n) is 21.5. The van der Waals surface area contributed by atoms with Crippen LogP contribution in [-0.4, -0.2) is 31.6 Å². The van der Waals surface area contributed by atoms with Crippen molar-refractivity contribution in [2.45, 2.75) is 141 Å². The second-order valence-corrected chi connectivity index (χ2v) is 9.18. The van der Waals surface area contributed by atoms with E-state index in [0.717, 1.165) is 70.6 Å². The van der Waals surface area contributed by atoms with Crippen LogP contribution in [0.1, 0.15) is 135 Å². The first-order chi connectivity index (χ1) is 16.1. The molecule has 1 N–H and O–H groups in total. The highest BCUT2D eigenvalue weighted by atomic mass is 16.5. The van der Waals surface area contributed by atoms with Crippen LogP contribution in [-0.2, 0) is 14.3 Å². The molecule has 0 aromatic rings. The lowest BCUT2D eigenvalue weighted by molar-refractivity contribution is -0.140. The molecule has 0 bridgehead atoms. The third-order valence-electron chi connectivity index (χ3n) is 6.16. The van der Waals surface area contributed by atoms with Crippen LogP contribution in [0, 0.1) is 0 Å². The maximum atomic E-state index is 12.4. The summed E-state index contributed by atoms with van der Waals surface area (Å²) in [7, 11) is 1.44. The van der Waals surface area contributed by atoms with Gasteiger partial charge in [-0.1, -0.05) is 95.5 Å². The minimum Gasteiger partial charge on any atom is -0.469 e. The van der Waals surface area contributed by atoms with Gasteiger partial charge >= 0.3 is 5.97 Å². The highest BCUT2D eigenvalue weighted by Crippen LogP contribution is 2.15. The van der Waals surface area contributed by atoms with E-state index in [1.54, 1.807) is 0 Å². The number of esters is 1. The van der Waals surface area contributed by atoms with E-state index >= 15 is 0 Å². The van der Waals surface area contributed by atoms with Crippen molar-refractivity contribution in [2.24, 2.45) is 5.11 Å². The van der Waals surface area contributed by atoms with Crippen molar-refractivity contribution in [1.82, 2.24) is 5.32 Å². The molecule has 192 valence electrons. The molecule has 1 atom stereocenters. The molecule has 0 saturated heterocycles. The molecule has 0 aliphatic rings. The average molecular weight is 467 g/mol. The molecule has 0 spiro atoms. The quantitative estimate of drug-likeness (QED) is 0.0516. The fraction of sp³-hybridized carbons (Fsp3) is 0.923. The Morgan fingerprint density at radius 1 is 0.788 bits per heavy atom. The molecule has 33 heavy (non-hydrogen) atoms. The number of azide groups is 1. The zero-order valence-corrected chi connectivity index (χ0v) is 21.5. The maximum absolute atomic E-state index is 12.4. The lowest BCUT2D eigenvalue weighted by Crippen LogP contribution is -2.34. The minimum absolute atomic E-state index is 0.122. The molecule has 0 fully saturated rings. The number of unbranched alkanes of at least 4 members (excludes halogenated alkanes) is 13. The molecular formula is C26H50N4O3. The van der Waals surface area contributed by atoms with Gasteiger partial charge in [-0.25, -0.2) is 0 Å². The summed E-state index contributed by atoms with van der Waals surface area (Å²) < 4.78 is 4.68. The van der Waals surface area contributed by atoms with Crippen molar-refractivity contribution in [3.05, 3.63) is 10.4 Å². The van der Waals surface area contributed by atoms with Crippen molar-refractivity contribution in [2.75, 3.05) is 13.7 Å². The fourth-order valence-electron chi connectivity index (χ4n) is 4.10. The summed E-state index contributed by atoms with van der Waals surface area (Å²) in [5, 5.41) is 6.84. The molecule has 0 rings (SSSR count). The van der Waals surface area contributed by atoms with Gasteiger partial charge in [0.05, 0.1) is 7.11 Å². The maximum Gasteiger partial charge on any atom is 0.305 e. The monoisotopic (exact) mass is 466 g/mol. The Balaban J connectivity index is 4.10.